The third kappa shape index (κ3) is 3.01. The number of carbonyl (C=O) groups excluding carboxylic acids is 1. The quantitative estimate of drug-likeness (QED) is 0.623. The van der Waals surface area contributed by atoms with Gasteiger partial charge in [0.2, 0.25) is 0 Å². The molecule has 18 heavy (non-hydrogen) atoms. The molecule has 0 aliphatic rings. The van der Waals surface area contributed by atoms with Gasteiger partial charge in [-0.2, -0.15) is 0 Å². The van der Waals surface area contributed by atoms with Gasteiger partial charge in [-0.15, -0.1) is 0 Å². The Morgan fingerprint density at radius 2 is 2.00 bits per heavy atom. The lowest BCUT2D eigenvalue weighted by molar-refractivity contribution is 0.0724. The van der Waals surface area contributed by atoms with Crippen LogP contribution in [0.4, 0.5) is 5.69 Å². The number of aryl methyl sites for hydroxylation is 1. The minimum Gasteiger partial charge on any atom is -0.339 e. The van der Waals surface area contributed by atoms with E-state index in [2.05, 4.69) is 19.3 Å². The SMILES string of the molecule is CCC(CC)N(C)C(=O)c1ccc(C)cc1NN. The summed E-state index contributed by atoms with van der Waals surface area (Å²) in [6.45, 7) is 6.16. The maximum absolute atomic E-state index is 12.4. The highest BCUT2D eigenvalue weighted by Gasteiger charge is 2.20. The molecular formula is C14H23N3O. The fraction of sp³-hybridized carbons (Fsp3) is 0.500. The summed E-state index contributed by atoms with van der Waals surface area (Å²) >= 11 is 0. The van der Waals surface area contributed by atoms with Gasteiger partial charge in [-0.05, 0) is 37.5 Å². The van der Waals surface area contributed by atoms with Crippen LogP contribution in [0.3, 0.4) is 0 Å². The molecule has 1 aromatic carbocycles. The zero-order valence-electron chi connectivity index (χ0n) is 11.7. The van der Waals surface area contributed by atoms with E-state index in [1.165, 1.54) is 0 Å². The lowest BCUT2D eigenvalue weighted by Gasteiger charge is -2.27. The summed E-state index contributed by atoms with van der Waals surface area (Å²) in [6, 6.07) is 5.90. The van der Waals surface area contributed by atoms with Crippen molar-refractivity contribution in [1.82, 2.24) is 4.90 Å². The second kappa shape index (κ2) is 6.40. The van der Waals surface area contributed by atoms with E-state index in [9.17, 15) is 4.79 Å². The molecule has 1 amide bonds. The van der Waals surface area contributed by atoms with Gasteiger partial charge in [-0.1, -0.05) is 19.9 Å². The van der Waals surface area contributed by atoms with Crippen molar-refractivity contribution < 1.29 is 4.79 Å². The van der Waals surface area contributed by atoms with Crippen molar-refractivity contribution in [2.24, 2.45) is 5.84 Å². The Labute approximate surface area is 109 Å². The highest BCUT2D eigenvalue weighted by Crippen LogP contribution is 2.20. The van der Waals surface area contributed by atoms with Gasteiger partial charge in [0.25, 0.3) is 5.91 Å². The number of hydrazine groups is 1. The minimum atomic E-state index is 0.0108. The molecule has 100 valence electrons. The molecule has 0 aliphatic carbocycles. The van der Waals surface area contributed by atoms with Crippen LogP contribution in [-0.2, 0) is 0 Å². The van der Waals surface area contributed by atoms with Crippen LogP contribution in [0.2, 0.25) is 0 Å². The van der Waals surface area contributed by atoms with Gasteiger partial charge in [-0.3, -0.25) is 10.6 Å². The van der Waals surface area contributed by atoms with E-state index in [0.29, 0.717) is 11.3 Å². The van der Waals surface area contributed by atoms with Crippen LogP contribution in [0.5, 0.6) is 0 Å². The van der Waals surface area contributed by atoms with Crippen molar-refractivity contribution in [2.45, 2.75) is 39.7 Å². The molecule has 0 aromatic heterocycles. The smallest absolute Gasteiger partial charge is 0.255 e. The number of benzene rings is 1. The van der Waals surface area contributed by atoms with Crippen LogP contribution in [-0.4, -0.2) is 23.9 Å². The second-order valence-electron chi connectivity index (χ2n) is 4.58. The highest BCUT2D eigenvalue weighted by molar-refractivity contribution is 5.99. The molecule has 0 saturated heterocycles. The van der Waals surface area contributed by atoms with Crippen LogP contribution in [0.1, 0.15) is 42.6 Å². The number of nitrogen functional groups attached to an aromatic ring is 1. The molecule has 0 spiro atoms. The fourth-order valence-corrected chi connectivity index (χ4v) is 2.16. The predicted octanol–water partition coefficient (Wildman–Crippen LogP) is 2.54. The van der Waals surface area contributed by atoms with Crippen LogP contribution < -0.4 is 11.3 Å². The molecule has 0 fully saturated rings. The lowest BCUT2D eigenvalue weighted by atomic mass is 10.1. The van der Waals surface area contributed by atoms with Crippen molar-refractivity contribution in [2.75, 3.05) is 12.5 Å². The standard InChI is InChI=1S/C14H23N3O/c1-5-11(6-2)17(4)14(18)12-8-7-10(3)9-13(12)16-15/h7-9,11,16H,5-6,15H2,1-4H3. The Kier molecular flexibility index (Phi) is 5.16. The van der Waals surface area contributed by atoms with E-state index in [1.54, 1.807) is 4.90 Å². The van der Waals surface area contributed by atoms with Crippen LogP contribution in [0.15, 0.2) is 18.2 Å². The normalized spacial score (nSPS) is 10.6. The minimum absolute atomic E-state index is 0.0108. The number of carbonyl (C=O) groups is 1. The molecule has 0 heterocycles. The molecule has 4 heteroatoms. The van der Waals surface area contributed by atoms with E-state index in [0.717, 1.165) is 18.4 Å². The van der Waals surface area contributed by atoms with Gasteiger partial charge in [0.1, 0.15) is 0 Å². The second-order valence-corrected chi connectivity index (χ2v) is 4.58. The van der Waals surface area contributed by atoms with Crippen LogP contribution in [0, 0.1) is 6.92 Å². The van der Waals surface area contributed by atoms with Crippen molar-refractivity contribution in [3.8, 4) is 0 Å². The Morgan fingerprint density at radius 1 is 1.39 bits per heavy atom. The molecule has 3 N–H and O–H groups in total. The number of anilines is 1. The van der Waals surface area contributed by atoms with E-state index >= 15 is 0 Å². The largest absolute Gasteiger partial charge is 0.339 e. The number of hydrogen-bond donors (Lipinski definition) is 2. The van der Waals surface area contributed by atoms with Gasteiger partial charge in [-0.25, -0.2) is 0 Å². The Morgan fingerprint density at radius 3 is 2.50 bits per heavy atom. The maximum Gasteiger partial charge on any atom is 0.255 e. The predicted molar refractivity (Wildman–Crippen MR) is 75.5 cm³/mol. The van der Waals surface area contributed by atoms with Gasteiger partial charge >= 0.3 is 0 Å². The third-order valence-corrected chi connectivity index (χ3v) is 3.37. The summed E-state index contributed by atoms with van der Waals surface area (Å²) < 4.78 is 0. The number of nitrogens with zero attached hydrogens (tertiary/aromatic N) is 1. The van der Waals surface area contributed by atoms with Crippen molar-refractivity contribution in [1.29, 1.82) is 0 Å². The molecule has 0 radical (unpaired) electrons. The third-order valence-electron chi connectivity index (χ3n) is 3.37. The Balaban J connectivity index is 3.03. The van der Waals surface area contributed by atoms with E-state index in [1.807, 2.05) is 32.2 Å². The molecule has 4 nitrogen and oxygen atoms in total. The molecule has 0 atom stereocenters. The van der Waals surface area contributed by atoms with Gasteiger partial charge in [0.15, 0.2) is 0 Å². The van der Waals surface area contributed by atoms with E-state index < -0.39 is 0 Å². The van der Waals surface area contributed by atoms with Gasteiger partial charge in [0.05, 0.1) is 11.3 Å². The number of nitrogens with two attached hydrogens (primary N) is 1. The number of nitrogens with one attached hydrogen (secondary N) is 1. The van der Waals surface area contributed by atoms with Crippen LogP contribution in [0.25, 0.3) is 0 Å². The molecule has 0 unspecified atom stereocenters. The Bertz CT molecular complexity index is 414. The highest BCUT2D eigenvalue weighted by atomic mass is 16.2. The lowest BCUT2D eigenvalue weighted by Crippen LogP contribution is -2.36. The number of amides is 1. The molecule has 0 aliphatic heterocycles. The van der Waals surface area contributed by atoms with E-state index in [-0.39, 0.29) is 11.9 Å². The molecular weight excluding hydrogens is 226 g/mol. The number of rotatable bonds is 5. The first-order valence-corrected chi connectivity index (χ1v) is 6.39. The topological polar surface area (TPSA) is 58.4 Å². The summed E-state index contributed by atoms with van der Waals surface area (Å²) in [4.78, 5) is 14.2. The summed E-state index contributed by atoms with van der Waals surface area (Å²) in [6.07, 6.45) is 1.91. The first-order valence-electron chi connectivity index (χ1n) is 6.39. The fourth-order valence-electron chi connectivity index (χ4n) is 2.16. The summed E-state index contributed by atoms with van der Waals surface area (Å²) in [5.41, 5.74) is 4.97. The Hall–Kier alpha value is -1.55. The summed E-state index contributed by atoms with van der Waals surface area (Å²) in [5.74, 6) is 5.49. The van der Waals surface area contributed by atoms with Crippen molar-refractivity contribution in [3.63, 3.8) is 0 Å². The monoisotopic (exact) mass is 249 g/mol. The van der Waals surface area contributed by atoms with Crippen LogP contribution >= 0.6 is 0 Å². The van der Waals surface area contributed by atoms with Crippen molar-refractivity contribution >= 4 is 11.6 Å². The molecule has 1 aromatic rings. The first kappa shape index (κ1) is 14.5. The van der Waals surface area contributed by atoms with Gasteiger partial charge < -0.3 is 10.3 Å². The summed E-state index contributed by atoms with van der Waals surface area (Å²) in [5, 5.41) is 0. The number of hydrogen-bond acceptors (Lipinski definition) is 3. The molecule has 0 saturated carbocycles. The zero-order chi connectivity index (χ0) is 13.7. The molecule has 0 bridgehead atoms. The molecule has 1 rings (SSSR count). The summed E-state index contributed by atoms with van der Waals surface area (Å²) in [7, 11) is 1.85. The van der Waals surface area contributed by atoms with E-state index in [4.69, 9.17) is 5.84 Å². The van der Waals surface area contributed by atoms with Gasteiger partial charge in [0, 0.05) is 13.1 Å². The zero-order valence-corrected chi connectivity index (χ0v) is 11.7. The van der Waals surface area contributed by atoms with Crippen molar-refractivity contribution in [3.05, 3.63) is 29.3 Å². The maximum atomic E-state index is 12.4. The average Bonchev–Trinajstić information content (AvgIpc) is 2.39. The average molecular weight is 249 g/mol. The first-order chi connectivity index (χ1) is 8.54.